The first-order valence-electron chi connectivity index (χ1n) is 8.90. The minimum Gasteiger partial charge on any atom is -0.369 e. The van der Waals surface area contributed by atoms with Crippen LogP contribution in [-0.4, -0.2) is 34.9 Å². The van der Waals surface area contributed by atoms with E-state index in [9.17, 15) is 9.59 Å². The third-order valence-corrected chi connectivity index (χ3v) is 4.71. The predicted molar refractivity (Wildman–Crippen MR) is 104 cm³/mol. The summed E-state index contributed by atoms with van der Waals surface area (Å²) < 4.78 is 0. The molecule has 1 saturated heterocycles. The maximum absolute atomic E-state index is 11.8. The number of benzene rings is 1. The van der Waals surface area contributed by atoms with E-state index in [0.717, 1.165) is 16.8 Å². The highest BCUT2D eigenvalue weighted by Crippen LogP contribution is 2.25. The molecule has 2 heterocycles. The Morgan fingerprint density at radius 3 is 2.30 bits per heavy atom. The van der Waals surface area contributed by atoms with E-state index >= 15 is 0 Å². The number of aryl methyl sites for hydroxylation is 2. The summed E-state index contributed by atoms with van der Waals surface area (Å²) in [6.45, 7) is 5.27. The first-order valence-corrected chi connectivity index (χ1v) is 8.90. The average molecular weight is 368 g/mol. The van der Waals surface area contributed by atoms with Crippen molar-refractivity contribution in [3.05, 3.63) is 41.1 Å². The zero-order valence-electron chi connectivity index (χ0n) is 15.5. The monoisotopic (exact) mass is 368 g/mol. The van der Waals surface area contributed by atoms with Crippen molar-refractivity contribution in [3.8, 4) is 0 Å². The second kappa shape index (κ2) is 7.61. The fraction of sp³-hybridized carbons (Fsp3) is 0.368. The van der Waals surface area contributed by atoms with Crippen LogP contribution in [0.15, 0.2) is 24.4 Å². The van der Waals surface area contributed by atoms with E-state index in [-0.39, 0.29) is 17.4 Å². The van der Waals surface area contributed by atoms with Crippen molar-refractivity contribution in [3.63, 3.8) is 0 Å². The van der Waals surface area contributed by atoms with Gasteiger partial charge in [-0.25, -0.2) is 4.98 Å². The van der Waals surface area contributed by atoms with Crippen LogP contribution in [0.3, 0.4) is 0 Å². The largest absolute Gasteiger partial charge is 0.369 e. The molecule has 8 nitrogen and oxygen atoms in total. The molecule has 2 amide bonds. The van der Waals surface area contributed by atoms with Crippen molar-refractivity contribution in [2.45, 2.75) is 26.7 Å². The molecular weight excluding hydrogens is 344 g/mol. The normalized spacial score (nSPS) is 14.8. The first-order chi connectivity index (χ1) is 12.8. The SMILES string of the molecule is Cc1cc(C)cc(Nc2nc(N3CCC(C(N)=O)CC3)ncc2C(N)=O)c1. The Morgan fingerprint density at radius 2 is 1.74 bits per heavy atom. The molecule has 1 aromatic carbocycles. The number of nitrogens with zero attached hydrogens (tertiary/aromatic N) is 3. The van der Waals surface area contributed by atoms with Gasteiger partial charge in [-0.3, -0.25) is 9.59 Å². The minimum absolute atomic E-state index is 0.112. The number of nitrogens with two attached hydrogens (primary N) is 2. The molecule has 8 heteroatoms. The van der Waals surface area contributed by atoms with Crippen LogP contribution in [0.1, 0.15) is 34.3 Å². The van der Waals surface area contributed by atoms with E-state index in [1.165, 1.54) is 6.20 Å². The van der Waals surface area contributed by atoms with Gasteiger partial charge in [0, 0.05) is 30.9 Å². The Kier molecular flexibility index (Phi) is 5.25. The summed E-state index contributed by atoms with van der Waals surface area (Å²) in [5.74, 6) is -0.110. The summed E-state index contributed by atoms with van der Waals surface area (Å²) in [6, 6.07) is 6.00. The summed E-state index contributed by atoms with van der Waals surface area (Å²) in [6.07, 6.45) is 2.77. The first kappa shape index (κ1) is 18.6. The van der Waals surface area contributed by atoms with E-state index in [4.69, 9.17) is 11.5 Å². The van der Waals surface area contributed by atoms with E-state index < -0.39 is 5.91 Å². The lowest BCUT2D eigenvalue weighted by Gasteiger charge is -2.30. The van der Waals surface area contributed by atoms with Gasteiger partial charge < -0.3 is 21.7 Å². The van der Waals surface area contributed by atoms with Crippen molar-refractivity contribution in [2.75, 3.05) is 23.3 Å². The molecular formula is C19H24N6O2. The third-order valence-electron chi connectivity index (χ3n) is 4.71. The van der Waals surface area contributed by atoms with Crippen LogP contribution in [0.4, 0.5) is 17.5 Å². The highest BCUT2D eigenvalue weighted by molar-refractivity contribution is 5.98. The van der Waals surface area contributed by atoms with Gasteiger partial charge in [0.15, 0.2) is 0 Å². The molecule has 0 spiro atoms. The number of hydrogen-bond donors (Lipinski definition) is 3. The quantitative estimate of drug-likeness (QED) is 0.736. The lowest BCUT2D eigenvalue weighted by Crippen LogP contribution is -2.39. The Morgan fingerprint density at radius 1 is 1.11 bits per heavy atom. The molecule has 0 bridgehead atoms. The predicted octanol–water partition coefficient (Wildman–Crippen LogP) is 1.64. The molecule has 3 rings (SSSR count). The standard InChI is InChI=1S/C19H24N6O2/c1-11-7-12(2)9-14(8-11)23-18-15(17(21)27)10-22-19(24-18)25-5-3-13(4-6-25)16(20)26/h7-10,13H,3-6H2,1-2H3,(H2,20,26)(H2,21,27)(H,22,23,24). The minimum atomic E-state index is -0.596. The van der Waals surface area contributed by atoms with Crippen molar-refractivity contribution in [2.24, 2.45) is 17.4 Å². The molecule has 142 valence electrons. The van der Waals surface area contributed by atoms with Gasteiger partial charge in [-0.05, 0) is 49.9 Å². The highest BCUT2D eigenvalue weighted by atomic mass is 16.1. The van der Waals surface area contributed by atoms with E-state index in [1.807, 2.05) is 30.9 Å². The van der Waals surface area contributed by atoms with Crippen LogP contribution in [0, 0.1) is 19.8 Å². The molecule has 2 aromatic rings. The Balaban J connectivity index is 1.87. The highest BCUT2D eigenvalue weighted by Gasteiger charge is 2.25. The molecule has 0 atom stereocenters. The van der Waals surface area contributed by atoms with Gasteiger partial charge in [0.2, 0.25) is 11.9 Å². The Bertz CT molecular complexity index is 854. The molecule has 1 fully saturated rings. The second-order valence-corrected chi connectivity index (χ2v) is 6.96. The number of carbonyl (C=O) groups excluding carboxylic acids is 2. The van der Waals surface area contributed by atoms with Crippen LogP contribution >= 0.6 is 0 Å². The number of carbonyl (C=O) groups is 2. The zero-order valence-corrected chi connectivity index (χ0v) is 15.5. The molecule has 1 aromatic heterocycles. The number of nitrogens with one attached hydrogen (secondary N) is 1. The zero-order chi connectivity index (χ0) is 19.6. The van der Waals surface area contributed by atoms with E-state index in [1.54, 1.807) is 0 Å². The van der Waals surface area contributed by atoms with Crippen LogP contribution in [0.25, 0.3) is 0 Å². The molecule has 0 saturated carbocycles. The molecule has 0 unspecified atom stereocenters. The van der Waals surface area contributed by atoms with Gasteiger partial charge >= 0.3 is 0 Å². The lowest BCUT2D eigenvalue weighted by molar-refractivity contribution is -0.122. The average Bonchev–Trinajstić information content (AvgIpc) is 2.60. The smallest absolute Gasteiger partial charge is 0.254 e. The summed E-state index contributed by atoms with van der Waals surface area (Å²) in [4.78, 5) is 33.9. The van der Waals surface area contributed by atoms with Crippen molar-refractivity contribution < 1.29 is 9.59 Å². The van der Waals surface area contributed by atoms with Gasteiger partial charge in [-0.1, -0.05) is 6.07 Å². The van der Waals surface area contributed by atoms with Crippen LogP contribution in [0.2, 0.25) is 0 Å². The topological polar surface area (TPSA) is 127 Å². The number of anilines is 3. The van der Waals surface area contributed by atoms with Gasteiger partial charge in [0.1, 0.15) is 11.4 Å². The van der Waals surface area contributed by atoms with Crippen LogP contribution in [-0.2, 0) is 4.79 Å². The Hall–Kier alpha value is -3.16. The number of hydrogen-bond acceptors (Lipinski definition) is 6. The molecule has 1 aliphatic rings. The third kappa shape index (κ3) is 4.33. The number of amides is 2. The number of rotatable bonds is 5. The van der Waals surface area contributed by atoms with E-state index in [2.05, 4.69) is 21.4 Å². The summed E-state index contributed by atoms with van der Waals surface area (Å²) >= 11 is 0. The van der Waals surface area contributed by atoms with Gasteiger partial charge in [0.05, 0.1) is 0 Å². The van der Waals surface area contributed by atoms with Crippen molar-refractivity contribution in [1.82, 2.24) is 9.97 Å². The second-order valence-electron chi connectivity index (χ2n) is 6.96. The Labute approximate surface area is 158 Å². The summed E-state index contributed by atoms with van der Waals surface area (Å²) in [5.41, 5.74) is 14.1. The summed E-state index contributed by atoms with van der Waals surface area (Å²) in [7, 11) is 0. The lowest BCUT2D eigenvalue weighted by atomic mass is 9.96. The number of primary amides is 2. The van der Waals surface area contributed by atoms with Crippen molar-refractivity contribution >= 4 is 29.3 Å². The molecule has 5 N–H and O–H groups in total. The van der Waals surface area contributed by atoms with Crippen LogP contribution in [0.5, 0.6) is 0 Å². The molecule has 1 aliphatic heterocycles. The molecule has 0 aliphatic carbocycles. The summed E-state index contributed by atoms with van der Waals surface area (Å²) in [5, 5.41) is 3.19. The van der Waals surface area contributed by atoms with Gasteiger partial charge in [-0.15, -0.1) is 0 Å². The van der Waals surface area contributed by atoms with Crippen LogP contribution < -0.4 is 21.7 Å². The fourth-order valence-corrected chi connectivity index (χ4v) is 3.35. The maximum atomic E-state index is 11.8. The maximum Gasteiger partial charge on any atom is 0.254 e. The van der Waals surface area contributed by atoms with Gasteiger partial charge in [0.25, 0.3) is 5.91 Å². The number of aromatic nitrogens is 2. The van der Waals surface area contributed by atoms with Crippen molar-refractivity contribution in [1.29, 1.82) is 0 Å². The van der Waals surface area contributed by atoms with Gasteiger partial charge in [-0.2, -0.15) is 4.98 Å². The fourth-order valence-electron chi connectivity index (χ4n) is 3.35. The molecule has 27 heavy (non-hydrogen) atoms. The number of piperidine rings is 1. The van der Waals surface area contributed by atoms with E-state index in [0.29, 0.717) is 37.7 Å². The molecule has 0 radical (unpaired) electrons.